The molecule has 108 valence electrons. The second kappa shape index (κ2) is 7.09. The van der Waals surface area contributed by atoms with E-state index in [2.05, 4.69) is 78.1 Å². The van der Waals surface area contributed by atoms with E-state index >= 15 is 0 Å². The number of benzene rings is 1. The molecule has 0 saturated heterocycles. The van der Waals surface area contributed by atoms with Gasteiger partial charge < -0.3 is 5.32 Å². The lowest BCUT2D eigenvalue weighted by atomic mass is 10.3. The average molecular weight is 466 g/mol. The van der Waals surface area contributed by atoms with Gasteiger partial charge in [-0.05, 0) is 63.4 Å². The topological polar surface area (TPSA) is 29.9 Å². The molecule has 0 aliphatic heterocycles. The molecule has 2 aromatic rings. The Kier molecular flexibility index (Phi) is 5.69. The summed E-state index contributed by atoms with van der Waals surface area (Å²) in [5, 5.41) is 7.99. The summed E-state index contributed by atoms with van der Waals surface area (Å²) in [5.41, 5.74) is 2.07. The maximum Gasteiger partial charge on any atom is 0.0815 e. The van der Waals surface area contributed by atoms with Crippen LogP contribution >= 0.6 is 47.8 Å². The Morgan fingerprint density at radius 1 is 1.25 bits per heavy atom. The summed E-state index contributed by atoms with van der Waals surface area (Å²) in [4.78, 5) is 0. The van der Waals surface area contributed by atoms with Crippen molar-refractivity contribution in [1.82, 2.24) is 9.78 Å². The second-order valence-corrected chi connectivity index (χ2v) is 7.27. The number of nitrogens with one attached hydrogen (secondary N) is 1. The fourth-order valence-corrected chi connectivity index (χ4v) is 4.33. The molecule has 1 unspecified atom stereocenters. The number of aromatic nitrogens is 2. The van der Waals surface area contributed by atoms with E-state index in [-0.39, 0.29) is 0 Å². The van der Waals surface area contributed by atoms with Crippen LogP contribution in [0.15, 0.2) is 37.8 Å². The molecule has 0 aliphatic carbocycles. The molecule has 1 aromatic carbocycles. The molecule has 0 amide bonds. The minimum absolute atomic E-state index is 0.440. The van der Waals surface area contributed by atoms with Crippen LogP contribution in [0, 0.1) is 0 Å². The molecule has 6 heteroatoms. The van der Waals surface area contributed by atoms with Crippen molar-refractivity contribution in [2.45, 2.75) is 32.9 Å². The van der Waals surface area contributed by atoms with Gasteiger partial charge in [0.2, 0.25) is 0 Å². The van der Waals surface area contributed by atoms with E-state index in [1.54, 1.807) is 0 Å². The SMILES string of the molecule is CCC(C)n1ccc(CNc2c(Br)cc(Br)cc2Br)n1. The Morgan fingerprint density at radius 3 is 2.50 bits per heavy atom. The summed E-state index contributed by atoms with van der Waals surface area (Å²) in [6, 6.07) is 6.53. The first-order chi connectivity index (χ1) is 9.51. The number of rotatable bonds is 5. The summed E-state index contributed by atoms with van der Waals surface area (Å²) < 4.78 is 5.07. The van der Waals surface area contributed by atoms with Crippen LogP contribution in [0.1, 0.15) is 32.0 Å². The highest BCUT2D eigenvalue weighted by Gasteiger charge is 2.08. The van der Waals surface area contributed by atoms with Gasteiger partial charge in [0.25, 0.3) is 0 Å². The van der Waals surface area contributed by atoms with Crippen LogP contribution in [-0.4, -0.2) is 9.78 Å². The Balaban J connectivity index is 2.07. The van der Waals surface area contributed by atoms with Gasteiger partial charge in [0.1, 0.15) is 0 Å². The van der Waals surface area contributed by atoms with Crippen LogP contribution in [0.3, 0.4) is 0 Å². The molecule has 0 aliphatic rings. The minimum Gasteiger partial charge on any atom is -0.377 e. The van der Waals surface area contributed by atoms with Crippen LogP contribution in [-0.2, 0) is 6.54 Å². The quantitative estimate of drug-likeness (QED) is 0.609. The molecule has 1 atom stereocenters. The molecule has 0 spiro atoms. The summed E-state index contributed by atoms with van der Waals surface area (Å²) in [6.45, 7) is 5.04. The molecule has 20 heavy (non-hydrogen) atoms. The van der Waals surface area contributed by atoms with Gasteiger partial charge in [-0.2, -0.15) is 5.10 Å². The molecule has 2 rings (SSSR count). The third kappa shape index (κ3) is 3.86. The summed E-state index contributed by atoms with van der Waals surface area (Å²) in [7, 11) is 0. The van der Waals surface area contributed by atoms with Gasteiger partial charge in [-0.25, -0.2) is 0 Å². The van der Waals surface area contributed by atoms with E-state index in [0.717, 1.165) is 31.2 Å². The molecule has 0 radical (unpaired) electrons. The number of hydrogen-bond donors (Lipinski definition) is 1. The standard InChI is InChI=1S/C14H16Br3N3/c1-3-9(2)20-5-4-11(19-20)8-18-14-12(16)6-10(15)7-13(14)17/h4-7,9,18H,3,8H2,1-2H3. The third-order valence-electron chi connectivity index (χ3n) is 3.16. The zero-order valence-electron chi connectivity index (χ0n) is 11.3. The first-order valence-corrected chi connectivity index (χ1v) is 8.81. The molecular weight excluding hydrogens is 450 g/mol. The lowest BCUT2D eigenvalue weighted by Gasteiger charge is -2.11. The summed E-state index contributed by atoms with van der Waals surface area (Å²) >= 11 is 10.6. The van der Waals surface area contributed by atoms with Gasteiger partial charge in [0.05, 0.1) is 17.9 Å². The van der Waals surface area contributed by atoms with Gasteiger partial charge in [0.15, 0.2) is 0 Å². The Morgan fingerprint density at radius 2 is 1.90 bits per heavy atom. The van der Waals surface area contributed by atoms with Gasteiger partial charge in [-0.15, -0.1) is 0 Å². The number of halogens is 3. The lowest BCUT2D eigenvalue weighted by Crippen LogP contribution is -2.07. The molecule has 0 fully saturated rings. The zero-order chi connectivity index (χ0) is 14.7. The molecule has 0 saturated carbocycles. The Labute approximate surface area is 144 Å². The van der Waals surface area contributed by atoms with Gasteiger partial charge in [-0.3, -0.25) is 4.68 Å². The van der Waals surface area contributed by atoms with Crippen molar-refractivity contribution in [2.75, 3.05) is 5.32 Å². The van der Waals surface area contributed by atoms with Gasteiger partial charge >= 0.3 is 0 Å². The van der Waals surface area contributed by atoms with Crippen molar-refractivity contribution < 1.29 is 0 Å². The summed E-state index contributed by atoms with van der Waals surface area (Å²) in [5.74, 6) is 0. The number of hydrogen-bond acceptors (Lipinski definition) is 2. The predicted octanol–water partition coefficient (Wildman–Crippen LogP) is 5.75. The van der Waals surface area contributed by atoms with Crippen LogP contribution in [0.2, 0.25) is 0 Å². The largest absolute Gasteiger partial charge is 0.377 e. The van der Waals surface area contributed by atoms with Crippen molar-refractivity contribution in [3.05, 3.63) is 43.5 Å². The summed E-state index contributed by atoms with van der Waals surface area (Å²) in [6.07, 6.45) is 3.12. The second-order valence-electron chi connectivity index (χ2n) is 4.64. The van der Waals surface area contributed by atoms with E-state index < -0.39 is 0 Å². The first kappa shape index (κ1) is 16.0. The van der Waals surface area contributed by atoms with Gasteiger partial charge in [0, 0.05) is 25.7 Å². The maximum absolute atomic E-state index is 4.59. The monoisotopic (exact) mass is 463 g/mol. The predicted molar refractivity (Wildman–Crippen MR) is 94.1 cm³/mol. The van der Waals surface area contributed by atoms with Crippen molar-refractivity contribution in [3.63, 3.8) is 0 Å². The molecule has 0 bridgehead atoms. The highest BCUT2D eigenvalue weighted by molar-refractivity contribution is 9.11. The fraction of sp³-hybridized carbons (Fsp3) is 0.357. The van der Waals surface area contributed by atoms with E-state index in [1.165, 1.54) is 0 Å². The molecule has 1 heterocycles. The Bertz CT molecular complexity index is 572. The third-order valence-corrected chi connectivity index (χ3v) is 4.87. The highest BCUT2D eigenvalue weighted by Crippen LogP contribution is 2.34. The number of anilines is 1. The van der Waals surface area contributed by atoms with E-state index in [0.29, 0.717) is 12.6 Å². The molecule has 1 N–H and O–H groups in total. The van der Waals surface area contributed by atoms with Crippen LogP contribution in [0.25, 0.3) is 0 Å². The highest BCUT2D eigenvalue weighted by atomic mass is 79.9. The lowest BCUT2D eigenvalue weighted by molar-refractivity contribution is 0.474. The zero-order valence-corrected chi connectivity index (χ0v) is 16.1. The normalized spacial score (nSPS) is 12.4. The maximum atomic E-state index is 4.59. The van der Waals surface area contributed by atoms with Crippen molar-refractivity contribution >= 4 is 53.5 Å². The minimum atomic E-state index is 0.440. The molecule has 3 nitrogen and oxygen atoms in total. The molecular formula is C14H16Br3N3. The van der Waals surface area contributed by atoms with E-state index in [1.807, 2.05) is 23.0 Å². The molecule has 1 aromatic heterocycles. The Hall–Kier alpha value is -0.330. The first-order valence-electron chi connectivity index (χ1n) is 6.43. The van der Waals surface area contributed by atoms with Gasteiger partial charge in [-0.1, -0.05) is 22.9 Å². The fourth-order valence-electron chi connectivity index (χ4n) is 1.79. The van der Waals surface area contributed by atoms with E-state index in [4.69, 9.17) is 0 Å². The van der Waals surface area contributed by atoms with Crippen LogP contribution in [0.4, 0.5) is 5.69 Å². The van der Waals surface area contributed by atoms with Crippen molar-refractivity contribution in [3.8, 4) is 0 Å². The number of nitrogens with zero attached hydrogens (tertiary/aromatic N) is 2. The smallest absolute Gasteiger partial charge is 0.0815 e. The van der Waals surface area contributed by atoms with Crippen molar-refractivity contribution in [1.29, 1.82) is 0 Å². The van der Waals surface area contributed by atoms with Crippen molar-refractivity contribution in [2.24, 2.45) is 0 Å². The van der Waals surface area contributed by atoms with E-state index in [9.17, 15) is 0 Å². The average Bonchev–Trinajstić information content (AvgIpc) is 2.85. The van der Waals surface area contributed by atoms with Crippen LogP contribution < -0.4 is 5.32 Å². The van der Waals surface area contributed by atoms with Crippen LogP contribution in [0.5, 0.6) is 0 Å².